The quantitative estimate of drug-likeness (QED) is 0.712. The third kappa shape index (κ3) is 6.24. The maximum absolute atomic E-state index is 12.2. The van der Waals surface area contributed by atoms with E-state index in [2.05, 4.69) is 20.8 Å². The summed E-state index contributed by atoms with van der Waals surface area (Å²) < 4.78 is 5.25. The number of ether oxygens (including phenoxy) is 1. The van der Waals surface area contributed by atoms with E-state index in [0.29, 0.717) is 41.0 Å². The molecule has 2 rings (SSSR count). The number of unbranched alkanes of at least 4 members (excludes halogenated alkanes) is 1. The van der Waals surface area contributed by atoms with E-state index in [-0.39, 0.29) is 11.8 Å². The summed E-state index contributed by atoms with van der Waals surface area (Å²) in [6, 6.07) is 6.73. The predicted molar refractivity (Wildman–Crippen MR) is 97.8 cm³/mol. The number of amides is 2. The lowest BCUT2D eigenvalue weighted by molar-refractivity contribution is -0.116. The van der Waals surface area contributed by atoms with Crippen molar-refractivity contribution in [1.29, 1.82) is 0 Å². The molecule has 0 aliphatic rings. The summed E-state index contributed by atoms with van der Waals surface area (Å²) in [6.45, 7) is 4.93. The Kier molecular flexibility index (Phi) is 7.49. The molecule has 2 amide bonds. The number of hydrogen-bond donors (Lipinski definition) is 2. The fourth-order valence-corrected chi connectivity index (χ4v) is 2.66. The standard InChI is InChI=1S/C17H22N4O3S/c1-3-5-6-14(22)18-13-9-7-12(8-10-13)16(23)19-17-21-20-15(25-17)11-24-4-2/h7-10H,3-6,11H2,1-2H3,(H,18,22)(H,19,21,23). The highest BCUT2D eigenvalue weighted by Gasteiger charge is 2.11. The molecule has 2 N–H and O–H groups in total. The summed E-state index contributed by atoms with van der Waals surface area (Å²) in [4.78, 5) is 23.9. The molecule has 1 aromatic carbocycles. The second kappa shape index (κ2) is 9.85. The van der Waals surface area contributed by atoms with Crippen molar-refractivity contribution in [3.05, 3.63) is 34.8 Å². The third-order valence-corrected chi connectivity index (χ3v) is 4.12. The van der Waals surface area contributed by atoms with Gasteiger partial charge in [0.1, 0.15) is 11.6 Å². The molecule has 0 saturated heterocycles. The summed E-state index contributed by atoms with van der Waals surface area (Å²) in [7, 11) is 0. The fourth-order valence-electron chi connectivity index (χ4n) is 1.99. The molecule has 0 aliphatic carbocycles. The van der Waals surface area contributed by atoms with E-state index < -0.39 is 0 Å². The second-order valence-corrected chi connectivity index (χ2v) is 6.38. The first-order valence-corrected chi connectivity index (χ1v) is 9.05. The van der Waals surface area contributed by atoms with Gasteiger partial charge in [0.05, 0.1) is 0 Å². The van der Waals surface area contributed by atoms with Crippen molar-refractivity contribution >= 4 is 34.0 Å². The topological polar surface area (TPSA) is 93.2 Å². The van der Waals surface area contributed by atoms with Crippen molar-refractivity contribution in [2.45, 2.75) is 39.7 Å². The molecule has 134 valence electrons. The summed E-state index contributed by atoms with van der Waals surface area (Å²) in [5.41, 5.74) is 1.15. The molecule has 25 heavy (non-hydrogen) atoms. The third-order valence-electron chi connectivity index (χ3n) is 3.31. The lowest BCUT2D eigenvalue weighted by Gasteiger charge is -2.06. The molecule has 1 heterocycles. The fraction of sp³-hybridized carbons (Fsp3) is 0.412. The van der Waals surface area contributed by atoms with Crippen molar-refractivity contribution in [3.63, 3.8) is 0 Å². The summed E-state index contributed by atoms with van der Waals surface area (Å²) >= 11 is 1.28. The van der Waals surface area contributed by atoms with Crippen LogP contribution in [0.4, 0.5) is 10.8 Å². The molecule has 1 aromatic heterocycles. The van der Waals surface area contributed by atoms with Crippen molar-refractivity contribution < 1.29 is 14.3 Å². The minimum Gasteiger partial charge on any atom is -0.374 e. The Morgan fingerprint density at radius 2 is 1.88 bits per heavy atom. The average molecular weight is 362 g/mol. The number of nitrogens with one attached hydrogen (secondary N) is 2. The van der Waals surface area contributed by atoms with Gasteiger partial charge in [-0.2, -0.15) is 0 Å². The van der Waals surface area contributed by atoms with Crippen LogP contribution in [-0.4, -0.2) is 28.6 Å². The van der Waals surface area contributed by atoms with Crippen molar-refractivity contribution in [2.75, 3.05) is 17.2 Å². The van der Waals surface area contributed by atoms with E-state index in [4.69, 9.17) is 4.74 Å². The van der Waals surface area contributed by atoms with Crippen LogP contribution in [0.25, 0.3) is 0 Å². The number of aromatic nitrogens is 2. The number of carbonyl (C=O) groups excluding carboxylic acids is 2. The van der Waals surface area contributed by atoms with Gasteiger partial charge in [-0.1, -0.05) is 24.7 Å². The van der Waals surface area contributed by atoms with Crippen molar-refractivity contribution in [1.82, 2.24) is 10.2 Å². The van der Waals surface area contributed by atoms with E-state index in [1.807, 2.05) is 13.8 Å². The first-order valence-electron chi connectivity index (χ1n) is 8.23. The zero-order valence-corrected chi connectivity index (χ0v) is 15.2. The normalized spacial score (nSPS) is 10.5. The molecule has 8 heteroatoms. The Hall–Kier alpha value is -2.32. The van der Waals surface area contributed by atoms with Gasteiger partial charge in [-0.3, -0.25) is 14.9 Å². The zero-order valence-electron chi connectivity index (χ0n) is 14.4. The maximum Gasteiger partial charge on any atom is 0.257 e. The smallest absolute Gasteiger partial charge is 0.257 e. The summed E-state index contributed by atoms with van der Waals surface area (Å²) in [5.74, 6) is -0.294. The highest BCUT2D eigenvalue weighted by atomic mass is 32.1. The summed E-state index contributed by atoms with van der Waals surface area (Å²) in [5, 5.41) is 14.5. The SMILES string of the molecule is CCCCC(=O)Nc1ccc(C(=O)Nc2nnc(COCC)s2)cc1. The molecule has 0 aliphatic heterocycles. The van der Waals surface area contributed by atoms with Crippen LogP contribution in [-0.2, 0) is 16.1 Å². The molecule has 0 atom stereocenters. The average Bonchev–Trinajstić information content (AvgIpc) is 3.06. The predicted octanol–water partition coefficient (Wildman–Crippen LogP) is 3.46. The number of carbonyl (C=O) groups is 2. The van der Waals surface area contributed by atoms with Crippen LogP contribution < -0.4 is 10.6 Å². The molecule has 0 unspecified atom stereocenters. The van der Waals surface area contributed by atoms with E-state index >= 15 is 0 Å². The Bertz CT molecular complexity index is 700. The van der Waals surface area contributed by atoms with E-state index in [0.717, 1.165) is 12.8 Å². The van der Waals surface area contributed by atoms with Crippen molar-refractivity contribution in [2.24, 2.45) is 0 Å². The Balaban J connectivity index is 1.89. The van der Waals surface area contributed by atoms with Crippen LogP contribution >= 0.6 is 11.3 Å². The number of nitrogens with zero attached hydrogens (tertiary/aromatic N) is 2. The van der Waals surface area contributed by atoms with E-state index in [1.165, 1.54) is 11.3 Å². The van der Waals surface area contributed by atoms with Gasteiger partial charge in [-0.15, -0.1) is 10.2 Å². The number of anilines is 2. The number of rotatable bonds is 9. The van der Waals surface area contributed by atoms with Gasteiger partial charge in [0.15, 0.2) is 0 Å². The lowest BCUT2D eigenvalue weighted by Crippen LogP contribution is -2.13. The van der Waals surface area contributed by atoms with Crippen LogP contribution in [0.5, 0.6) is 0 Å². The number of benzene rings is 1. The van der Waals surface area contributed by atoms with Gasteiger partial charge < -0.3 is 10.1 Å². The van der Waals surface area contributed by atoms with E-state index in [1.54, 1.807) is 24.3 Å². The minimum atomic E-state index is -0.275. The molecule has 0 bridgehead atoms. The minimum absolute atomic E-state index is 0.0188. The van der Waals surface area contributed by atoms with Gasteiger partial charge >= 0.3 is 0 Å². The van der Waals surface area contributed by atoms with Crippen LogP contribution in [0.1, 0.15) is 48.5 Å². The van der Waals surface area contributed by atoms with Crippen molar-refractivity contribution in [3.8, 4) is 0 Å². The highest BCUT2D eigenvalue weighted by Crippen LogP contribution is 2.18. The number of hydrogen-bond acceptors (Lipinski definition) is 6. The molecule has 2 aromatic rings. The van der Waals surface area contributed by atoms with Crippen LogP contribution in [0.2, 0.25) is 0 Å². The van der Waals surface area contributed by atoms with Gasteiger partial charge in [-0.25, -0.2) is 0 Å². The summed E-state index contributed by atoms with van der Waals surface area (Å²) in [6.07, 6.45) is 2.34. The second-order valence-electron chi connectivity index (χ2n) is 5.32. The monoisotopic (exact) mass is 362 g/mol. The molecular formula is C17H22N4O3S. The van der Waals surface area contributed by atoms with Gasteiger partial charge in [0.25, 0.3) is 5.91 Å². The highest BCUT2D eigenvalue weighted by molar-refractivity contribution is 7.15. The molecule has 0 spiro atoms. The molecule has 7 nitrogen and oxygen atoms in total. The first-order chi connectivity index (χ1) is 12.1. The Morgan fingerprint density at radius 1 is 1.12 bits per heavy atom. The van der Waals surface area contributed by atoms with Gasteiger partial charge in [0, 0.05) is 24.3 Å². The van der Waals surface area contributed by atoms with E-state index in [9.17, 15) is 9.59 Å². The van der Waals surface area contributed by atoms with Gasteiger partial charge in [-0.05, 0) is 37.6 Å². The maximum atomic E-state index is 12.2. The van der Waals surface area contributed by atoms with Crippen LogP contribution in [0.3, 0.4) is 0 Å². The zero-order chi connectivity index (χ0) is 18.1. The first kappa shape index (κ1) is 19.0. The molecule has 0 fully saturated rings. The lowest BCUT2D eigenvalue weighted by atomic mass is 10.2. The molecule has 0 radical (unpaired) electrons. The van der Waals surface area contributed by atoms with Gasteiger partial charge in [0.2, 0.25) is 11.0 Å². The Morgan fingerprint density at radius 3 is 2.56 bits per heavy atom. The Labute approximate surface area is 150 Å². The molecular weight excluding hydrogens is 340 g/mol. The van der Waals surface area contributed by atoms with Crippen LogP contribution in [0, 0.1) is 0 Å². The largest absolute Gasteiger partial charge is 0.374 e. The van der Waals surface area contributed by atoms with Crippen LogP contribution in [0.15, 0.2) is 24.3 Å². The molecule has 0 saturated carbocycles.